The molecule has 3 heterocycles. The Morgan fingerprint density at radius 2 is 1.95 bits per heavy atom. The van der Waals surface area contributed by atoms with Crippen molar-refractivity contribution in [2.24, 2.45) is 0 Å². The molecule has 0 bridgehead atoms. The van der Waals surface area contributed by atoms with E-state index in [1.54, 1.807) is 0 Å². The van der Waals surface area contributed by atoms with E-state index in [9.17, 15) is 0 Å². The number of hydrogen-bond donors (Lipinski definition) is 0. The Kier molecular flexibility index (Phi) is 4.79. The van der Waals surface area contributed by atoms with E-state index in [0.717, 1.165) is 0 Å². The molecule has 116 valence electrons. The van der Waals surface area contributed by atoms with Gasteiger partial charge in [-0.25, -0.2) is 4.98 Å². The van der Waals surface area contributed by atoms with Gasteiger partial charge in [-0.1, -0.05) is 19.4 Å². The molecule has 1 unspecified atom stereocenters. The summed E-state index contributed by atoms with van der Waals surface area (Å²) in [6.07, 6.45) is 7.87. The number of pyridine rings is 1. The third-order valence-corrected chi connectivity index (χ3v) is 5.06. The van der Waals surface area contributed by atoms with Crippen LogP contribution in [-0.2, 0) is 0 Å². The molecule has 1 aromatic heterocycles. The minimum Gasteiger partial charge on any atom is -0.357 e. The Morgan fingerprint density at radius 3 is 2.67 bits per heavy atom. The Labute approximate surface area is 129 Å². The van der Waals surface area contributed by atoms with Crippen molar-refractivity contribution in [1.29, 1.82) is 0 Å². The van der Waals surface area contributed by atoms with Gasteiger partial charge in [-0.2, -0.15) is 0 Å². The SMILES string of the molecule is CCCCN1CCCC1c1ccc(N2CCCC2)nc1C. The van der Waals surface area contributed by atoms with Crippen molar-refractivity contribution in [3.8, 4) is 0 Å². The second kappa shape index (κ2) is 6.78. The van der Waals surface area contributed by atoms with Gasteiger partial charge < -0.3 is 4.90 Å². The van der Waals surface area contributed by atoms with Crippen molar-refractivity contribution in [2.45, 2.75) is 58.4 Å². The molecular weight excluding hydrogens is 258 g/mol. The zero-order valence-electron chi connectivity index (χ0n) is 13.6. The van der Waals surface area contributed by atoms with E-state index in [1.165, 1.54) is 81.8 Å². The van der Waals surface area contributed by atoms with Crippen LogP contribution in [0.25, 0.3) is 0 Å². The number of likely N-dealkylation sites (tertiary alicyclic amines) is 1. The quantitative estimate of drug-likeness (QED) is 0.818. The van der Waals surface area contributed by atoms with Gasteiger partial charge >= 0.3 is 0 Å². The predicted molar refractivity (Wildman–Crippen MR) is 88.9 cm³/mol. The monoisotopic (exact) mass is 287 g/mol. The molecule has 2 aliphatic heterocycles. The van der Waals surface area contributed by atoms with E-state index in [2.05, 4.69) is 35.8 Å². The lowest BCUT2D eigenvalue weighted by Crippen LogP contribution is -2.25. The van der Waals surface area contributed by atoms with Crippen molar-refractivity contribution >= 4 is 5.82 Å². The van der Waals surface area contributed by atoms with Gasteiger partial charge in [-0.15, -0.1) is 0 Å². The van der Waals surface area contributed by atoms with Crippen LogP contribution in [0.5, 0.6) is 0 Å². The first-order valence-corrected chi connectivity index (χ1v) is 8.76. The van der Waals surface area contributed by atoms with Crippen LogP contribution in [0.1, 0.15) is 62.7 Å². The molecule has 0 aliphatic carbocycles. The summed E-state index contributed by atoms with van der Waals surface area (Å²) < 4.78 is 0. The smallest absolute Gasteiger partial charge is 0.128 e. The lowest BCUT2D eigenvalue weighted by atomic mass is 10.0. The van der Waals surface area contributed by atoms with Crippen molar-refractivity contribution in [3.63, 3.8) is 0 Å². The highest BCUT2D eigenvalue weighted by Gasteiger charge is 2.27. The molecule has 0 aromatic carbocycles. The topological polar surface area (TPSA) is 19.4 Å². The lowest BCUT2D eigenvalue weighted by Gasteiger charge is -2.26. The maximum atomic E-state index is 4.91. The summed E-state index contributed by atoms with van der Waals surface area (Å²) in [5.41, 5.74) is 2.71. The molecule has 3 rings (SSSR count). The molecule has 0 amide bonds. The van der Waals surface area contributed by atoms with E-state index in [-0.39, 0.29) is 0 Å². The molecule has 0 spiro atoms. The zero-order chi connectivity index (χ0) is 14.7. The highest BCUT2D eigenvalue weighted by Crippen LogP contribution is 2.34. The minimum atomic E-state index is 0.608. The van der Waals surface area contributed by atoms with Crippen LogP contribution in [0.2, 0.25) is 0 Å². The third kappa shape index (κ3) is 3.23. The summed E-state index contributed by atoms with van der Waals surface area (Å²) in [6, 6.07) is 5.21. The molecule has 0 saturated carbocycles. The average Bonchev–Trinajstić information content (AvgIpc) is 3.16. The molecule has 1 atom stereocenters. The van der Waals surface area contributed by atoms with Crippen molar-refractivity contribution < 1.29 is 0 Å². The number of rotatable bonds is 5. The van der Waals surface area contributed by atoms with Crippen LogP contribution in [0.3, 0.4) is 0 Å². The fraction of sp³-hybridized carbons (Fsp3) is 0.722. The number of aromatic nitrogens is 1. The van der Waals surface area contributed by atoms with Crippen molar-refractivity contribution in [2.75, 3.05) is 31.1 Å². The molecular formula is C18H29N3. The van der Waals surface area contributed by atoms with E-state index in [4.69, 9.17) is 4.98 Å². The molecule has 1 aromatic rings. The number of anilines is 1. The molecule has 2 aliphatic rings. The highest BCUT2D eigenvalue weighted by atomic mass is 15.2. The van der Waals surface area contributed by atoms with Gasteiger partial charge in [0.15, 0.2) is 0 Å². The zero-order valence-corrected chi connectivity index (χ0v) is 13.6. The second-order valence-electron chi connectivity index (χ2n) is 6.59. The number of unbranched alkanes of at least 4 members (excludes halogenated alkanes) is 1. The Bertz CT molecular complexity index is 466. The van der Waals surface area contributed by atoms with Crippen molar-refractivity contribution in [3.05, 3.63) is 23.4 Å². The predicted octanol–water partition coefficient (Wildman–Crippen LogP) is 3.93. The van der Waals surface area contributed by atoms with Crippen LogP contribution >= 0.6 is 0 Å². The largest absolute Gasteiger partial charge is 0.357 e. The van der Waals surface area contributed by atoms with Gasteiger partial charge in [0.1, 0.15) is 5.82 Å². The van der Waals surface area contributed by atoms with E-state index < -0.39 is 0 Å². The minimum absolute atomic E-state index is 0.608. The van der Waals surface area contributed by atoms with Gasteiger partial charge in [-0.05, 0) is 63.7 Å². The first-order chi connectivity index (χ1) is 10.3. The van der Waals surface area contributed by atoms with Gasteiger partial charge in [0.2, 0.25) is 0 Å². The first-order valence-electron chi connectivity index (χ1n) is 8.76. The fourth-order valence-electron chi connectivity index (χ4n) is 3.84. The van der Waals surface area contributed by atoms with Gasteiger partial charge in [0, 0.05) is 24.8 Å². The lowest BCUT2D eigenvalue weighted by molar-refractivity contribution is 0.252. The molecule has 0 radical (unpaired) electrons. The normalized spacial score (nSPS) is 23.1. The van der Waals surface area contributed by atoms with Crippen LogP contribution < -0.4 is 4.90 Å². The van der Waals surface area contributed by atoms with E-state index in [0.29, 0.717) is 6.04 Å². The van der Waals surface area contributed by atoms with Gasteiger partial charge in [0.05, 0.1) is 0 Å². The summed E-state index contributed by atoms with van der Waals surface area (Å²) in [7, 11) is 0. The second-order valence-corrected chi connectivity index (χ2v) is 6.59. The van der Waals surface area contributed by atoms with Crippen molar-refractivity contribution in [1.82, 2.24) is 9.88 Å². The molecule has 2 saturated heterocycles. The van der Waals surface area contributed by atoms with Gasteiger partial charge in [-0.3, -0.25) is 4.90 Å². The summed E-state index contributed by atoms with van der Waals surface area (Å²) in [4.78, 5) is 10.0. The summed E-state index contributed by atoms with van der Waals surface area (Å²) in [5, 5.41) is 0. The van der Waals surface area contributed by atoms with E-state index in [1.807, 2.05) is 0 Å². The Balaban J connectivity index is 1.75. The maximum absolute atomic E-state index is 4.91. The summed E-state index contributed by atoms with van der Waals surface area (Å²) >= 11 is 0. The van der Waals surface area contributed by atoms with Crippen LogP contribution in [0, 0.1) is 6.92 Å². The third-order valence-electron chi connectivity index (χ3n) is 5.06. The Morgan fingerprint density at radius 1 is 1.14 bits per heavy atom. The molecule has 2 fully saturated rings. The Hall–Kier alpha value is -1.09. The number of aryl methyl sites for hydroxylation is 1. The molecule has 3 nitrogen and oxygen atoms in total. The summed E-state index contributed by atoms with van der Waals surface area (Å²) in [6.45, 7) is 9.34. The molecule has 21 heavy (non-hydrogen) atoms. The number of nitrogens with zero attached hydrogens (tertiary/aromatic N) is 3. The molecule has 3 heteroatoms. The fourth-order valence-corrected chi connectivity index (χ4v) is 3.84. The average molecular weight is 287 g/mol. The summed E-state index contributed by atoms with van der Waals surface area (Å²) in [5.74, 6) is 1.19. The number of hydrogen-bond acceptors (Lipinski definition) is 3. The van der Waals surface area contributed by atoms with E-state index >= 15 is 0 Å². The molecule has 0 N–H and O–H groups in total. The first kappa shape index (κ1) is 14.8. The van der Waals surface area contributed by atoms with Crippen LogP contribution in [0.15, 0.2) is 12.1 Å². The van der Waals surface area contributed by atoms with Gasteiger partial charge in [0.25, 0.3) is 0 Å². The van der Waals surface area contributed by atoms with Crippen LogP contribution in [-0.4, -0.2) is 36.1 Å². The van der Waals surface area contributed by atoms with Crippen LogP contribution in [0.4, 0.5) is 5.82 Å². The standard InChI is InChI=1S/C18H29N3/c1-3-4-11-20-14-7-8-17(20)16-9-10-18(19-15(16)2)21-12-5-6-13-21/h9-10,17H,3-8,11-14H2,1-2H3. The highest BCUT2D eigenvalue weighted by molar-refractivity contribution is 5.43. The maximum Gasteiger partial charge on any atom is 0.128 e.